The van der Waals surface area contributed by atoms with Crippen LogP contribution >= 0.6 is 0 Å². The molecule has 0 unspecified atom stereocenters. The third-order valence-electron chi connectivity index (χ3n) is 4.84. The van der Waals surface area contributed by atoms with Gasteiger partial charge in [0.2, 0.25) is 35.0 Å². The number of aromatic nitrogens is 2. The van der Waals surface area contributed by atoms with Crippen LogP contribution in [0.15, 0.2) is 35.1 Å². The van der Waals surface area contributed by atoms with Crippen molar-refractivity contribution in [3.63, 3.8) is 0 Å². The van der Waals surface area contributed by atoms with Gasteiger partial charge >= 0.3 is 0 Å². The van der Waals surface area contributed by atoms with Crippen LogP contribution in [-0.4, -0.2) is 53.6 Å². The quantitative estimate of drug-likeness (QED) is 0.335. The minimum atomic E-state index is -2.30. The molecular weight excluding hydrogens is 439 g/mol. The van der Waals surface area contributed by atoms with Crippen molar-refractivity contribution in [1.29, 1.82) is 0 Å². The summed E-state index contributed by atoms with van der Waals surface area (Å²) in [5.41, 5.74) is 0.592. The lowest BCUT2D eigenvalue weighted by Gasteiger charge is -2.34. The van der Waals surface area contributed by atoms with E-state index < -0.39 is 47.3 Å². The second-order valence-electron chi connectivity index (χ2n) is 6.77. The Morgan fingerprint density at radius 1 is 0.969 bits per heavy atom. The highest BCUT2D eigenvalue weighted by Gasteiger charge is 2.29. The maximum absolute atomic E-state index is 13.7. The van der Waals surface area contributed by atoms with Crippen molar-refractivity contribution >= 4 is 11.9 Å². The van der Waals surface area contributed by atoms with Crippen molar-refractivity contribution in [2.24, 2.45) is 0 Å². The van der Waals surface area contributed by atoms with Crippen molar-refractivity contribution in [3.05, 3.63) is 59.7 Å². The predicted octanol–water partition coefficient (Wildman–Crippen LogP) is 3.16. The van der Waals surface area contributed by atoms with E-state index in [-0.39, 0.29) is 13.1 Å². The van der Waals surface area contributed by atoms with Gasteiger partial charge in [0.05, 0.1) is 6.26 Å². The van der Waals surface area contributed by atoms with E-state index in [4.69, 9.17) is 4.42 Å². The number of furan rings is 1. The Hall–Kier alpha value is -3.70. The molecule has 1 fully saturated rings. The second-order valence-corrected chi connectivity index (χ2v) is 6.77. The number of nitrogens with zero attached hydrogens (tertiary/aromatic N) is 4. The average Bonchev–Trinajstić information content (AvgIpc) is 3.37. The van der Waals surface area contributed by atoms with Gasteiger partial charge in [-0.15, -0.1) is 0 Å². The number of piperazine rings is 1. The first-order valence-electron chi connectivity index (χ1n) is 9.40. The minimum Gasteiger partial charge on any atom is -0.477 e. The highest BCUT2D eigenvalue weighted by Crippen LogP contribution is 2.29. The summed E-state index contributed by atoms with van der Waals surface area (Å²) in [6.07, 6.45) is 3.10. The largest absolute Gasteiger partial charge is 0.477 e. The smallest absolute Gasteiger partial charge is 0.260 e. The molecule has 3 aromatic rings. The van der Waals surface area contributed by atoms with Gasteiger partial charge < -0.3 is 19.0 Å². The number of hydrogen-bond donors (Lipinski definition) is 0. The SMILES string of the molecule is O=C(COc1c(F)c(F)c(F)c(F)c1F)N1CCN(c2nccc(-c3ccco3)n2)CC1. The lowest BCUT2D eigenvalue weighted by molar-refractivity contribution is -0.133. The molecule has 168 valence electrons. The molecule has 32 heavy (non-hydrogen) atoms. The molecule has 1 aliphatic rings. The van der Waals surface area contributed by atoms with Crippen LogP contribution < -0.4 is 9.64 Å². The molecule has 0 saturated carbocycles. The van der Waals surface area contributed by atoms with Gasteiger partial charge in [-0.25, -0.2) is 23.1 Å². The van der Waals surface area contributed by atoms with Crippen LogP contribution in [0.2, 0.25) is 0 Å². The number of ether oxygens (including phenoxy) is 1. The van der Waals surface area contributed by atoms with E-state index in [0.717, 1.165) is 0 Å². The van der Waals surface area contributed by atoms with Crippen LogP contribution in [0.1, 0.15) is 0 Å². The monoisotopic (exact) mass is 454 g/mol. The molecule has 0 atom stereocenters. The normalized spacial score (nSPS) is 14.0. The Balaban J connectivity index is 1.36. The molecule has 0 N–H and O–H groups in total. The molecule has 0 spiro atoms. The minimum absolute atomic E-state index is 0.216. The Morgan fingerprint density at radius 2 is 1.62 bits per heavy atom. The van der Waals surface area contributed by atoms with Crippen molar-refractivity contribution < 1.29 is 35.9 Å². The van der Waals surface area contributed by atoms with Crippen LogP contribution in [0, 0.1) is 29.1 Å². The van der Waals surface area contributed by atoms with Crippen LogP contribution in [-0.2, 0) is 4.79 Å². The third kappa shape index (κ3) is 4.07. The summed E-state index contributed by atoms with van der Waals surface area (Å²) in [7, 11) is 0. The van der Waals surface area contributed by atoms with Gasteiger partial charge in [0.15, 0.2) is 18.1 Å². The van der Waals surface area contributed by atoms with E-state index in [1.165, 1.54) is 11.2 Å². The Morgan fingerprint density at radius 3 is 2.25 bits per heavy atom. The molecule has 12 heteroatoms. The Kier molecular flexibility index (Phi) is 5.93. The molecule has 1 aromatic carbocycles. The maximum Gasteiger partial charge on any atom is 0.260 e. The summed E-state index contributed by atoms with van der Waals surface area (Å²) in [5, 5.41) is 0. The van der Waals surface area contributed by atoms with E-state index in [1.54, 1.807) is 24.4 Å². The summed E-state index contributed by atoms with van der Waals surface area (Å²) >= 11 is 0. The molecule has 3 heterocycles. The molecule has 1 aliphatic heterocycles. The molecule has 0 bridgehead atoms. The van der Waals surface area contributed by atoms with Crippen LogP contribution in [0.4, 0.5) is 27.9 Å². The van der Waals surface area contributed by atoms with E-state index in [9.17, 15) is 26.7 Å². The zero-order valence-corrected chi connectivity index (χ0v) is 16.3. The Labute approximate surface area is 178 Å². The first kappa shape index (κ1) is 21.5. The first-order valence-corrected chi connectivity index (χ1v) is 9.40. The fourth-order valence-corrected chi connectivity index (χ4v) is 3.15. The van der Waals surface area contributed by atoms with Crippen LogP contribution in [0.5, 0.6) is 5.75 Å². The van der Waals surface area contributed by atoms with Gasteiger partial charge in [-0.05, 0) is 18.2 Å². The number of rotatable bonds is 5. The number of anilines is 1. The van der Waals surface area contributed by atoms with Crippen molar-refractivity contribution in [3.8, 4) is 17.2 Å². The molecule has 0 aliphatic carbocycles. The molecule has 1 amide bonds. The number of carbonyl (C=O) groups excluding carboxylic acids is 1. The predicted molar refractivity (Wildman–Crippen MR) is 100 cm³/mol. The van der Waals surface area contributed by atoms with E-state index in [2.05, 4.69) is 14.7 Å². The van der Waals surface area contributed by atoms with Crippen LogP contribution in [0.3, 0.4) is 0 Å². The van der Waals surface area contributed by atoms with Crippen molar-refractivity contribution in [1.82, 2.24) is 14.9 Å². The molecular formula is C20H15F5N4O3. The van der Waals surface area contributed by atoms with Gasteiger partial charge in [-0.3, -0.25) is 4.79 Å². The summed E-state index contributed by atoms with van der Waals surface area (Å²) in [6, 6.07) is 5.18. The fourth-order valence-electron chi connectivity index (χ4n) is 3.15. The van der Waals surface area contributed by atoms with Crippen molar-refractivity contribution in [2.45, 2.75) is 0 Å². The highest BCUT2D eigenvalue weighted by molar-refractivity contribution is 5.78. The first-order chi connectivity index (χ1) is 15.4. The summed E-state index contributed by atoms with van der Waals surface area (Å²) in [6.45, 7) is 0.260. The lowest BCUT2D eigenvalue weighted by Crippen LogP contribution is -2.50. The Bertz CT molecular complexity index is 1110. The average molecular weight is 454 g/mol. The van der Waals surface area contributed by atoms with Gasteiger partial charge in [-0.2, -0.15) is 8.78 Å². The number of halogens is 5. The summed E-state index contributed by atoms with van der Waals surface area (Å²) in [5.74, 6) is -12.0. The molecule has 4 rings (SSSR count). The van der Waals surface area contributed by atoms with Gasteiger partial charge in [0, 0.05) is 32.4 Å². The fraction of sp³-hybridized carbons (Fsp3) is 0.250. The van der Waals surface area contributed by atoms with E-state index in [0.29, 0.717) is 30.5 Å². The van der Waals surface area contributed by atoms with Gasteiger partial charge in [-0.1, -0.05) is 0 Å². The maximum atomic E-state index is 13.7. The molecule has 7 nitrogen and oxygen atoms in total. The van der Waals surface area contributed by atoms with Crippen LogP contribution in [0.25, 0.3) is 11.5 Å². The third-order valence-corrected chi connectivity index (χ3v) is 4.84. The summed E-state index contributed by atoms with van der Waals surface area (Å²) < 4.78 is 76.9. The zero-order valence-electron chi connectivity index (χ0n) is 16.3. The lowest BCUT2D eigenvalue weighted by atomic mass is 10.2. The van der Waals surface area contributed by atoms with E-state index in [1.807, 2.05) is 4.90 Å². The molecule has 1 saturated heterocycles. The zero-order chi connectivity index (χ0) is 22.8. The van der Waals surface area contributed by atoms with Crippen molar-refractivity contribution in [2.75, 3.05) is 37.7 Å². The molecule has 0 radical (unpaired) electrons. The van der Waals surface area contributed by atoms with Gasteiger partial charge in [0.25, 0.3) is 5.91 Å². The molecule has 2 aromatic heterocycles. The standard InChI is InChI=1S/C20H15F5N4O3/c21-14-15(22)17(24)19(18(25)16(14)23)32-10-13(30)28-5-7-29(8-6-28)20-26-4-3-11(27-20)12-2-1-9-31-12/h1-4,9H,5-8,10H2. The van der Waals surface area contributed by atoms with Gasteiger partial charge in [0.1, 0.15) is 5.69 Å². The summed E-state index contributed by atoms with van der Waals surface area (Å²) in [4.78, 5) is 24.2. The second kappa shape index (κ2) is 8.81. The topological polar surface area (TPSA) is 71.7 Å². The van der Waals surface area contributed by atoms with E-state index >= 15 is 0 Å². The highest BCUT2D eigenvalue weighted by atomic mass is 19.2. The number of carbonyl (C=O) groups is 1. The number of benzene rings is 1. The number of amides is 1. The number of hydrogen-bond acceptors (Lipinski definition) is 6.